The first-order chi connectivity index (χ1) is 8.45. The second-order valence-corrected chi connectivity index (χ2v) is 5.23. The molecule has 0 aliphatic rings. The van der Waals surface area contributed by atoms with E-state index in [4.69, 9.17) is 4.74 Å². The van der Waals surface area contributed by atoms with Crippen LogP contribution in [0.2, 0.25) is 0 Å². The van der Waals surface area contributed by atoms with Crippen LogP contribution < -0.4 is 5.32 Å². The molecule has 18 heavy (non-hydrogen) atoms. The van der Waals surface area contributed by atoms with E-state index in [0.29, 0.717) is 17.0 Å². The van der Waals surface area contributed by atoms with E-state index in [1.807, 2.05) is 6.07 Å². The predicted molar refractivity (Wildman–Crippen MR) is 74.9 cm³/mol. The van der Waals surface area contributed by atoms with Crippen LogP contribution in [0.5, 0.6) is 0 Å². The lowest BCUT2D eigenvalue weighted by Gasteiger charge is -2.22. The summed E-state index contributed by atoms with van der Waals surface area (Å²) in [6.45, 7) is 4.70. The van der Waals surface area contributed by atoms with Crippen molar-refractivity contribution in [3.63, 3.8) is 0 Å². The van der Waals surface area contributed by atoms with Crippen molar-refractivity contribution in [3.05, 3.63) is 32.8 Å². The minimum atomic E-state index is -0.407. The second kappa shape index (κ2) is 6.70. The number of nitrogens with one attached hydrogen (secondary N) is 1. The van der Waals surface area contributed by atoms with E-state index >= 15 is 0 Å². The van der Waals surface area contributed by atoms with E-state index in [2.05, 4.69) is 35.1 Å². The molecule has 5 nitrogen and oxygen atoms in total. The Kier molecular flexibility index (Phi) is 5.55. The Hall–Kier alpha value is -1.14. The van der Waals surface area contributed by atoms with Gasteiger partial charge in [-0.15, -0.1) is 0 Å². The molecule has 0 amide bonds. The van der Waals surface area contributed by atoms with Gasteiger partial charge >= 0.3 is 0 Å². The zero-order chi connectivity index (χ0) is 13.7. The minimum absolute atomic E-state index is 0.0555. The van der Waals surface area contributed by atoms with Crippen LogP contribution in [0.1, 0.15) is 13.8 Å². The number of benzene rings is 1. The summed E-state index contributed by atoms with van der Waals surface area (Å²) < 4.78 is 5.61. The molecule has 0 radical (unpaired) electrons. The zero-order valence-corrected chi connectivity index (χ0v) is 12.2. The van der Waals surface area contributed by atoms with Gasteiger partial charge in [-0.05, 0) is 34.0 Å². The van der Waals surface area contributed by atoms with Crippen LogP contribution in [-0.4, -0.2) is 24.7 Å². The molecule has 0 fully saturated rings. The standard InChI is InChI=1S/C12H17BrN2O3/c1-8(2)11(7-18-3)14-9-4-5-10(13)12(6-9)15(16)17/h4-6,8,11,14H,7H2,1-3H3. The van der Waals surface area contributed by atoms with Crippen LogP contribution in [-0.2, 0) is 4.74 Å². The first-order valence-corrected chi connectivity index (χ1v) is 6.44. The largest absolute Gasteiger partial charge is 0.383 e. The lowest BCUT2D eigenvalue weighted by molar-refractivity contribution is -0.385. The van der Waals surface area contributed by atoms with Crippen LogP contribution >= 0.6 is 15.9 Å². The van der Waals surface area contributed by atoms with E-state index in [1.165, 1.54) is 6.07 Å². The number of nitro groups is 1. The average Bonchev–Trinajstić information content (AvgIpc) is 2.30. The van der Waals surface area contributed by atoms with Gasteiger partial charge in [-0.3, -0.25) is 10.1 Å². The van der Waals surface area contributed by atoms with Gasteiger partial charge in [0, 0.05) is 18.9 Å². The van der Waals surface area contributed by atoms with Crippen molar-refractivity contribution in [2.75, 3.05) is 19.0 Å². The molecule has 1 unspecified atom stereocenters. The second-order valence-electron chi connectivity index (χ2n) is 4.37. The lowest BCUT2D eigenvalue weighted by atomic mass is 10.0. The highest BCUT2D eigenvalue weighted by Crippen LogP contribution is 2.28. The van der Waals surface area contributed by atoms with Crippen LogP contribution in [0, 0.1) is 16.0 Å². The van der Waals surface area contributed by atoms with Gasteiger partial charge in [0.1, 0.15) is 0 Å². The molecule has 6 heteroatoms. The van der Waals surface area contributed by atoms with Crippen molar-refractivity contribution in [3.8, 4) is 0 Å². The fourth-order valence-electron chi connectivity index (χ4n) is 1.54. The minimum Gasteiger partial charge on any atom is -0.383 e. The van der Waals surface area contributed by atoms with Crippen LogP contribution in [0.4, 0.5) is 11.4 Å². The summed E-state index contributed by atoms with van der Waals surface area (Å²) in [7, 11) is 1.64. The fourth-order valence-corrected chi connectivity index (χ4v) is 1.93. The molecule has 0 aliphatic heterocycles. The van der Waals surface area contributed by atoms with E-state index in [9.17, 15) is 10.1 Å². The molecular formula is C12H17BrN2O3. The maximum atomic E-state index is 10.8. The predicted octanol–water partition coefficient (Wildman–Crippen LogP) is 3.44. The van der Waals surface area contributed by atoms with Crippen molar-refractivity contribution in [1.29, 1.82) is 0 Å². The maximum absolute atomic E-state index is 10.8. The van der Waals surface area contributed by atoms with Crippen molar-refractivity contribution in [1.82, 2.24) is 0 Å². The van der Waals surface area contributed by atoms with E-state index in [-0.39, 0.29) is 11.7 Å². The fraction of sp³-hybridized carbons (Fsp3) is 0.500. The van der Waals surface area contributed by atoms with Crippen LogP contribution in [0.3, 0.4) is 0 Å². The number of halogens is 1. The SMILES string of the molecule is COCC(Nc1ccc(Br)c([N+](=O)[O-])c1)C(C)C. The number of ether oxygens (including phenoxy) is 1. The molecule has 0 bridgehead atoms. The number of nitrogens with zero attached hydrogens (tertiary/aromatic N) is 1. The van der Waals surface area contributed by atoms with Gasteiger partial charge in [0.05, 0.1) is 22.0 Å². The summed E-state index contributed by atoms with van der Waals surface area (Å²) in [5.74, 6) is 0.368. The molecular weight excluding hydrogens is 300 g/mol. The number of hydrogen-bond donors (Lipinski definition) is 1. The third kappa shape index (κ3) is 3.96. The van der Waals surface area contributed by atoms with Gasteiger partial charge in [0.15, 0.2) is 0 Å². The Bertz CT molecular complexity index is 424. The molecule has 1 N–H and O–H groups in total. The summed E-state index contributed by atoms with van der Waals surface area (Å²) in [5.41, 5.74) is 0.778. The molecule has 1 aromatic carbocycles. The van der Waals surface area contributed by atoms with Crippen molar-refractivity contribution in [2.24, 2.45) is 5.92 Å². The number of nitro benzene ring substituents is 1. The van der Waals surface area contributed by atoms with Gasteiger partial charge in [0.2, 0.25) is 0 Å². The Morgan fingerprint density at radius 1 is 1.50 bits per heavy atom. The number of methoxy groups -OCH3 is 1. The highest BCUT2D eigenvalue weighted by Gasteiger charge is 2.16. The van der Waals surface area contributed by atoms with Crippen LogP contribution in [0.15, 0.2) is 22.7 Å². The van der Waals surface area contributed by atoms with Gasteiger partial charge < -0.3 is 10.1 Å². The first-order valence-electron chi connectivity index (χ1n) is 5.65. The molecule has 0 aliphatic carbocycles. The topological polar surface area (TPSA) is 64.4 Å². The Balaban J connectivity index is 2.89. The van der Waals surface area contributed by atoms with Gasteiger partial charge in [0.25, 0.3) is 5.69 Å². The molecule has 1 rings (SSSR count). The molecule has 0 saturated heterocycles. The molecule has 1 aromatic rings. The van der Waals surface area contributed by atoms with Gasteiger partial charge in [-0.2, -0.15) is 0 Å². The highest BCUT2D eigenvalue weighted by atomic mass is 79.9. The third-order valence-corrected chi connectivity index (χ3v) is 3.32. The summed E-state index contributed by atoms with van der Waals surface area (Å²) in [5, 5.41) is 14.1. The normalized spacial score (nSPS) is 12.5. The van der Waals surface area contributed by atoms with Crippen molar-refractivity contribution >= 4 is 27.3 Å². The molecule has 0 aromatic heterocycles. The zero-order valence-electron chi connectivity index (χ0n) is 10.6. The van der Waals surface area contributed by atoms with Crippen molar-refractivity contribution < 1.29 is 9.66 Å². The summed E-state index contributed by atoms with van der Waals surface area (Å²) in [4.78, 5) is 10.4. The van der Waals surface area contributed by atoms with Crippen LogP contribution in [0.25, 0.3) is 0 Å². The molecule has 0 saturated carbocycles. The number of hydrogen-bond acceptors (Lipinski definition) is 4. The molecule has 1 atom stereocenters. The summed E-state index contributed by atoms with van der Waals surface area (Å²) in [6.07, 6.45) is 0. The third-order valence-electron chi connectivity index (χ3n) is 2.65. The monoisotopic (exact) mass is 316 g/mol. The summed E-state index contributed by atoms with van der Waals surface area (Å²) in [6, 6.07) is 5.12. The quantitative estimate of drug-likeness (QED) is 0.645. The molecule has 100 valence electrons. The van der Waals surface area contributed by atoms with E-state index < -0.39 is 4.92 Å². The van der Waals surface area contributed by atoms with Gasteiger partial charge in [-0.25, -0.2) is 0 Å². The maximum Gasteiger partial charge on any atom is 0.285 e. The number of rotatable bonds is 6. The smallest absolute Gasteiger partial charge is 0.285 e. The molecule has 0 heterocycles. The first kappa shape index (κ1) is 14.9. The van der Waals surface area contributed by atoms with E-state index in [1.54, 1.807) is 13.2 Å². The Labute approximate surface area is 115 Å². The highest BCUT2D eigenvalue weighted by molar-refractivity contribution is 9.10. The Morgan fingerprint density at radius 3 is 2.67 bits per heavy atom. The van der Waals surface area contributed by atoms with E-state index in [0.717, 1.165) is 5.69 Å². The number of anilines is 1. The Morgan fingerprint density at radius 2 is 2.17 bits per heavy atom. The van der Waals surface area contributed by atoms with Gasteiger partial charge in [-0.1, -0.05) is 13.8 Å². The summed E-state index contributed by atoms with van der Waals surface area (Å²) >= 11 is 3.16. The lowest BCUT2D eigenvalue weighted by Crippen LogP contribution is -2.30. The molecule has 0 spiro atoms. The van der Waals surface area contributed by atoms with Crippen molar-refractivity contribution in [2.45, 2.75) is 19.9 Å². The average molecular weight is 317 g/mol.